The summed E-state index contributed by atoms with van der Waals surface area (Å²) < 4.78 is 12.5. The van der Waals surface area contributed by atoms with Gasteiger partial charge in [0.1, 0.15) is 6.61 Å². The molecule has 3 aromatic rings. The number of aryl methyl sites for hydroxylation is 1. The number of carbonyl (C=O) groups excluding carboxylic acids is 1. The van der Waals surface area contributed by atoms with E-state index in [9.17, 15) is 4.79 Å². The van der Waals surface area contributed by atoms with Crippen molar-refractivity contribution in [2.75, 3.05) is 7.11 Å². The smallest absolute Gasteiger partial charge is 0.264 e. The molecule has 0 unspecified atom stereocenters. The van der Waals surface area contributed by atoms with Crippen molar-refractivity contribution >= 4 is 57.2 Å². The van der Waals surface area contributed by atoms with Gasteiger partial charge in [-0.2, -0.15) is 0 Å². The van der Waals surface area contributed by atoms with Crippen LogP contribution in [0, 0.1) is 3.57 Å². The zero-order valence-electron chi connectivity index (χ0n) is 18.3. The number of nitrogens with zero attached hydrogens (tertiary/aromatic N) is 1. The van der Waals surface area contributed by atoms with Gasteiger partial charge >= 0.3 is 0 Å². The maximum atomic E-state index is 12.5. The van der Waals surface area contributed by atoms with Crippen LogP contribution in [0.5, 0.6) is 11.5 Å². The number of rotatable bonds is 7. The molecule has 3 aromatic carbocycles. The number of amides is 1. The Morgan fingerprint density at radius 3 is 2.52 bits per heavy atom. The summed E-state index contributed by atoms with van der Waals surface area (Å²) in [6.07, 6.45) is 2.82. The van der Waals surface area contributed by atoms with Crippen LogP contribution in [0.25, 0.3) is 6.08 Å². The predicted molar refractivity (Wildman–Crippen MR) is 143 cm³/mol. The number of methoxy groups -OCH3 is 1. The third-order valence-electron chi connectivity index (χ3n) is 5.00. The van der Waals surface area contributed by atoms with Gasteiger partial charge in [-0.05, 0) is 87.8 Å². The number of hydrogen-bond donors (Lipinski definition) is 1. The van der Waals surface area contributed by atoms with Gasteiger partial charge in [-0.15, -0.1) is 0 Å². The van der Waals surface area contributed by atoms with Gasteiger partial charge in [0, 0.05) is 0 Å². The standard InChI is InChI=1S/C26H23IN2O3S/c1-3-17-9-11-20(12-10-17)28-26-29-25(30)23(33-26)15-19-13-21(27)24(22(14-19)31-2)32-16-18-7-5-4-6-8-18/h4-15H,3,16H2,1-2H3,(H,28,29,30)/b23-15-. The fourth-order valence-corrected chi connectivity index (χ4v) is 4.87. The van der Waals surface area contributed by atoms with E-state index in [2.05, 4.69) is 39.8 Å². The number of halogens is 1. The molecule has 5 nitrogen and oxygen atoms in total. The Kier molecular flexibility index (Phi) is 7.72. The monoisotopic (exact) mass is 570 g/mol. The van der Waals surface area contributed by atoms with E-state index in [0.717, 1.165) is 26.8 Å². The largest absolute Gasteiger partial charge is 0.493 e. The molecular formula is C26H23IN2O3S. The summed E-state index contributed by atoms with van der Waals surface area (Å²) in [6.45, 7) is 2.56. The van der Waals surface area contributed by atoms with Crippen LogP contribution in [-0.2, 0) is 17.8 Å². The van der Waals surface area contributed by atoms with Crippen molar-refractivity contribution in [1.29, 1.82) is 0 Å². The average Bonchev–Trinajstić information content (AvgIpc) is 3.17. The second kappa shape index (κ2) is 10.9. The van der Waals surface area contributed by atoms with Crippen LogP contribution in [0.4, 0.5) is 5.69 Å². The highest BCUT2D eigenvalue weighted by Gasteiger charge is 2.24. The zero-order chi connectivity index (χ0) is 23.2. The average molecular weight is 570 g/mol. The Morgan fingerprint density at radius 1 is 1.06 bits per heavy atom. The van der Waals surface area contributed by atoms with E-state index < -0.39 is 0 Å². The van der Waals surface area contributed by atoms with E-state index in [1.54, 1.807) is 7.11 Å². The van der Waals surface area contributed by atoms with Gasteiger partial charge in [-0.1, -0.05) is 49.4 Å². The SMILES string of the molecule is CCc1ccc(N=C2NC(=O)/C(=C/c3cc(I)c(OCc4ccccc4)c(OC)c3)S2)cc1. The molecule has 1 amide bonds. The number of nitrogens with one attached hydrogen (secondary N) is 1. The van der Waals surface area contributed by atoms with Gasteiger partial charge in [0.25, 0.3) is 5.91 Å². The van der Waals surface area contributed by atoms with Crippen molar-refractivity contribution in [3.63, 3.8) is 0 Å². The molecule has 1 aliphatic rings. The first kappa shape index (κ1) is 23.4. The molecule has 0 aliphatic carbocycles. The van der Waals surface area contributed by atoms with Crippen molar-refractivity contribution in [1.82, 2.24) is 5.32 Å². The van der Waals surface area contributed by atoms with Crippen LogP contribution in [0.15, 0.2) is 76.6 Å². The van der Waals surface area contributed by atoms with Crippen molar-refractivity contribution < 1.29 is 14.3 Å². The summed E-state index contributed by atoms with van der Waals surface area (Å²) in [4.78, 5) is 17.6. The maximum Gasteiger partial charge on any atom is 0.264 e. The number of benzene rings is 3. The fraction of sp³-hybridized carbons (Fsp3) is 0.154. The summed E-state index contributed by atoms with van der Waals surface area (Å²) in [5.41, 5.74) is 4.00. The normalized spacial score (nSPS) is 15.7. The minimum absolute atomic E-state index is 0.165. The summed E-state index contributed by atoms with van der Waals surface area (Å²) in [7, 11) is 1.61. The molecule has 0 radical (unpaired) electrons. The van der Waals surface area contributed by atoms with Crippen LogP contribution in [0.3, 0.4) is 0 Å². The number of thioether (sulfide) groups is 1. The van der Waals surface area contributed by atoms with Crippen molar-refractivity contribution in [2.45, 2.75) is 20.0 Å². The molecule has 0 aromatic heterocycles. The van der Waals surface area contributed by atoms with E-state index in [-0.39, 0.29) is 5.91 Å². The molecule has 0 atom stereocenters. The third kappa shape index (κ3) is 5.97. The van der Waals surface area contributed by atoms with E-state index in [0.29, 0.717) is 28.2 Å². The molecule has 1 saturated heterocycles. The van der Waals surface area contributed by atoms with Crippen molar-refractivity contribution in [2.24, 2.45) is 4.99 Å². The van der Waals surface area contributed by atoms with E-state index >= 15 is 0 Å². The van der Waals surface area contributed by atoms with Gasteiger partial charge in [-0.25, -0.2) is 4.99 Å². The molecule has 0 spiro atoms. The van der Waals surface area contributed by atoms with E-state index in [1.165, 1.54) is 17.3 Å². The molecule has 1 aliphatic heterocycles. The summed E-state index contributed by atoms with van der Waals surface area (Å²) >= 11 is 3.55. The highest BCUT2D eigenvalue weighted by molar-refractivity contribution is 14.1. The van der Waals surface area contributed by atoms with E-state index in [1.807, 2.05) is 72.8 Å². The molecule has 0 saturated carbocycles. The van der Waals surface area contributed by atoms with Crippen LogP contribution >= 0.6 is 34.4 Å². The van der Waals surface area contributed by atoms with Gasteiger partial charge in [0.15, 0.2) is 16.7 Å². The molecule has 33 heavy (non-hydrogen) atoms. The molecule has 1 N–H and O–H groups in total. The Morgan fingerprint density at radius 2 is 1.82 bits per heavy atom. The second-order valence-corrected chi connectivity index (χ2v) is 9.50. The minimum atomic E-state index is -0.165. The molecule has 1 fully saturated rings. The lowest BCUT2D eigenvalue weighted by atomic mass is 10.1. The van der Waals surface area contributed by atoms with Gasteiger partial charge in [0.2, 0.25) is 0 Å². The van der Waals surface area contributed by atoms with Gasteiger partial charge < -0.3 is 14.8 Å². The first-order valence-electron chi connectivity index (χ1n) is 10.5. The number of carbonyl (C=O) groups is 1. The number of ether oxygens (including phenoxy) is 2. The number of amidine groups is 1. The zero-order valence-corrected chi connectivity index (χ0v) is 21.3. The van der Waals surface area contributed by atoms with Crippen LogP contribution in [-0.4, -0.2) is 18.2 Å². The maximum absolute atomic E-state index is 12.5. The summed E-state index contributed by atoms with van der Waals surface area (Å²) in [5.74, 6) is 1.14. The predicted octanol–water partition coefficient (Wildman–Crippen LogP) is 6.33. The van der Waals surface area contributed by atoms with Crippen LogP contribution in [0.2, 0.25) is 0 Å². The minimum Gasteiger partial charge on any atom is -0.493 e. The Balaban J connectivity index is 1.52. The highest BCUT2D eigenvalue weighted by atomic mass is 127. The van der Waals surface area contributed by atoms with Crippen LogP contribution in [0.1, 0.15) is 23.6 Å². The third-order valence-corrected chi connectivity index (χ3v) is 6.71. The first-order chi connectivity index (χ1) is 16.1. The lowest BCUT2D eigenvalue weighted by molar-refractivity contribution is -0.115. The Bertz CT molecular complexity index is 1210. The summed E-state index contributed by atoms with van der Waals surface area (Å²) in [6, 6.07) is 21.9. The van der Waals surface area contributed by atoms with Crippen molar-refractivity contribution in [3.8, 4) is 11.5 Å². The first-order valence-corrected chi connectivity index (χ1v) is 12.4. The van der Waals surface area contributed by atoms with Crippen LogP contribution < -0.4 is 14.8 Å². The number of hydrogen-bond acceptors (Lipinski definition) is 5. The lowest BCUT2D eigenvalue weighted by Gasteiger charge is -2.14. The quantitative estimate of drug-likeness (QED) is 0.267. The van der Waals surface area contributed by atoms with Gasteiger partial charge in [0.05, 0.1) is 21.3 Å². The Hall–Kier alpha value is -2.78. The topological polar surface area (TPSA) is 59.9 Å². The summed E-state index contributed by atoms with van der Waals surface area (Å²) in [5, 5.41) is 3.41. The lowest BCUT2D eigenvalue weighted by Crippen LogP contribution is -2.19. The van der Waals surface area contributed by atoms with E-state index in [4.69, 9.17) is 9.47 Å². The number of aliphatic imine (C=N–C) groups is 1. The molecule has 168 valence electrons. The second-order valence-electron chi connectivity index (χ2n) is 7.31. The Labute approximate surface area is 211 Å². The van der Waals surface area contributed by atoms with Gasteiger partial charge in [-0.3, -0.25) is 4.79 Å². The highest BCUT2D eigenvalue weighted by Crippen LogP contribution is 2.36. The molecule has 7 heteroatoms. The molecule has 4 rings (SSSR count). The van der Waals surface area contributed by atoms with Crippen molar-refractivity contribution in [3.05, 3.63) is 91.9 Å². The fourth-order valence-electron chi connectivity index (χ4n) is 3.25. The molecule has 1 heterocycles. The molecular weight excluding hydrogens is 547 g/mol. The molecule has 0 bridgehead atoms.